The lowest BCUT2D eigenvalue weighted by molar-refractivity contribution is -0.126. The number of nitrogens with one attached hydrogen (secondary N) is 1. The fourth-order valence-corrected chi connectivity index (χ4v) is 5.41. The van der Waals surface area contributed by atoms with Crippen LogP contribution in [0.15, 0.2) is 23.1 Å². The number of rotatable bonds is 3. The second-order valence-electron chi connectivity index (χ2n) is 6.32. The third-order valence-electron chi connectivity index (χ3n) is 4.62. The van der Waals surface area contributed by atoms with Crippen molar-refractivity contribution in [1.82, 2.24) is 9.62 Å². The summed E-state index contributed by atoms with van der Waals surface area (Å²) < 4.78 is 24.6. The number of fused-ring (bicyclic) bond motifs is 1. The molecule has 0 spiro atoms. The average molecular weight is 389 g/mol. The largest absolute Gasteiger partial charge is 0.349 e. The van der Waals surface area contributed by atoms with Gasteiger partial charge in [-0.1, -0.05) is 11.6 Å². The van der Waals surface area contributed by atoms with Crippen LogP contribution in [0.4, 0.5) is 0 Å². The molecule has 1 aromatic carbocycles. The van der Waals surface area contributed by atoms with Gasteiger partial charge in [-0.05, 0) is 43.0 Å². The van der Waals surface area contributed by atoms with Crippen LogP contribution in [0, 0.1) is 5.92 Å². The summed E-state index contributed by atoms with van der Waals surface area (Å²) in [7, 11) is -3.16. The summed E-state index contributed by atoms with van der Waals surface area (Å²) >= 11 is 7.89. The van der Waals surface area contributed by atoms with E-state index in [1.54, 1.807) is 11.8 Å². The molecule has 8 heteroatoms. The van der Waals surface area contributed by atoms with E-state index in [2.05, 4.69) is 5.32 Å². The van der Waals surface area contributed by atoms with Crippen molar-refractivity contribution in [3.63, 3.8) is 0 Å². The molecular weight excluding hydrogens is 368 g/mol. The van der Waals surface area contributed by atoms with E-state index in [1.165, 1.54) is 15.5 Å². The highest BCUT2D eigenvalue weighted by Crippen LogP contribution is 2.37. The molecule has 0 unspecified atom stereocenters. The number of thioether (sulfide) groups is 1. The number of piperidine rings is 1. The number of sulfonamides is 1. The van der Waals surface area contributed by atoms with Crippen molar-refractivity contribution < 1.29 is 13.2 Å². The van der Waals surface area contributed by atoms with Crippen LogP contribution in [0.3, 0.4) is 0 Å². The van der Waals surface area contributed by atoms with Gasteiger partial charge in [-0.15, -0.1) is 11.8 Å². The minimum absolute atomic E-state index is 0.0135. The highest BCUT2D eigenvalue weighted by Gasteiger charge is 2.31. The molecule has 1 aromatic rings. The number of carbonyl (C=O) groups excluding carboxylic acids is 1. The van der Waals surface area contributed by atoms with E-state index < -0.39 is 10.0 Å². The molecule has 3 rings (SSSR count). The summed E-state index contributed by atoms with van der Waals surface area (Å²) in [5.74, 6) is 0.859. The minimum atomic E-state index is -3.16. The van der Waals surface area contributed by atoms with Crippen molar-refractivity contribution in [2.24, 2.45) is 5.92 Å². The molecule has 1 N–H and O–H groups in total. The van der Waals surface area contributed by atoms with Gasteiger partial charge in [0, 0.05) is 34.7 Å². The zero-order valence-corrected chi connectivity index (χ0v) is 15.9. The quantitative estimate of drug-likeness (QED) is 0.864. The van der Waals surface area contributed by atoms with Gasteiger partial charge in [-0.3, -0.25) is 4.79 Å². The van der Waals surface area contributed by atoms with Gasteiger partial charge in [0.25, 0.3) is 0 Å². The molecule has 2 aliphatic heterocycles. The maximum Gasteiger partial charge on any atom is 0.223 e. The molecule has 132 valence electrons. The number of benzene rings is 1. The normalized spacial score (nSPS) is 22.8. The van der Waals surface area contributed by atoms with Crippen LogP contribution in [0.1, 0.15) is 30.9 Å². The van der Waals surface area contributed by atoms with Gasteiger partial charge in [-0.2, -0.15) is 0 Å². The first-order valence-electron chi connectivity index (χ1n) is 8.02. The summed E-state index contributed by atoms with van der Waals surface area (Å²) in [5, 5.41) is 3.82. The molecule has 2 aliphatic rings. The zero-order valence-electron chi connectivity index (χ0n) is 13.5. The number of amides is 1. The Balaban J connectivity index is 1.64. The summed E-state index contributed by atoms with van der Waals surface area (Å²) in [6.45, 7) is 0.833. The molecule has 1 amide bonds. The van der Waals surface area contributed by atoms with Crippen molar-refractivity contribution in [2.45, 2.75) is 30.2 Å². The smallest absolute Gasteiger partial charge is 0.223 e. The van der Waals surface area contributed by atoms with E-state index in [0.717, 1.165) is 17.7 Å². The maximum absolute atomic E-state index is 12.6. The fourth-order valence-electron chi connectivity index (χ4n) is 3.25. The Bertz CT molecular complexity index is 731. The van der Waals surface area contributed by atoms with Crippen molar-refractivity contribution in [3.8, 4) is 0 Å². The van der Waals surface area contributed by atoms with Crippen LogP contribution < -0.4 is 5.32 Å². The topological polar surface area (TPSA) is 66.5 Å². The van der Waals surface area contributed by atoms with Crippen molar-refractivity contribution >= 4 is 39.3 Å². The third kappa shape index (κ3) is 4.07. The number of carbonyl (C=O) groups is 1. The molecule has 1 atom stereocenters. The Hall–Kier alpha value is -0.760. The molecule has 0 radical (unpaired) electrons. The van der Waals surface area contributed by atoms with Gasteiger partial charge in [0.1, 0.15) is 0 Å². The van der Waals surface area contributed by atoms with Gasteiger partial charge in [-0.25, -0.2) is 12.7 Å². The van der Waals surface area contributed by atoms with Gasteiger partial charge in [0.15, 0.2) is 0 Å². The molecule has 0 aliphatic carbocycles. The van der Waals surface area contributed by atoms with E-state index in [1.807, 2.05) is 18.2 Å². The van der Waals surface area contributed by atoms with Gasteiger partial charge >= 0.3 is 0 Å². The van der Waals surface area contributed by atoms with Crippen molar-refractivity contribution in [2.75, 3.05) is 25.1 Å². The van der Waals surface area contributed by atoms with Crippen LogP contribution in [0.25, 0.3) is 0 Å². The molecule has 0 aromatic heterocycles. The molecule has 1 saturated heterocycles. The average Bonchev–Trinajstić information content (AvgIpc) is 2.54. The summed E-state index contributed by atoms with van der Waals surface area (Å²) in [6, 6.07) is 5.80. The zero-order chi connectivity index (χ0) is 17.3. The first-order chi connectivity index (χ1) is 11.3. The van der Waals surface area contributed by atoms with Crippen LogP contribution in [0.5, 0.6) is 0 Å². The number of hydrogen-bond acceptors (Lipinski definition) is 4. The lowest BCUT2D eigenvalue weighted by Crippen LogP contribution is -2.43. The summed E-state index contributed by atoms with van der Waals surface area (Å²) in [5.41, 5.74) is 1.08. The Labute approximate surface area is 152 Å². The third-order valence-corrected chi connectivity index (χ3v) is 7.28. The summed E-state index contributed by atoms with van der Waals surface area (Å²) in [6.07, 6.45) is 3.24. The Morgan fingerprint density at radius 2 is 2.00 bits per heavy atom. The van der Waals surface area contributed by atoms with E-state index >= 15 is 0 Å². The van der Waals surface area contributed by atoms with Crippen LogP contribution in [-0.4, -0.2) is 43.7 Å². The fraction of sp³-hybridized carbons (Fsp3) is 0.562. The highest BCUT2D eigenvalue weighted by molar-refractivity contribution is 7.99. The molecule has 0 saturated carbocycles. The van der Waals surface area contributed by atoms with Gasteiger partial charge < -0.3 is 5.32 Å². The molecule has 5 nitrogen and oxygen atoms in total. The van der Waals surface area contributed by atoms with Crippen LogP contribution in [0.2, 0.25) is 5.02 Å². The van der Waals surface area contributed by atoms with Crippen molar-refractivity contribution in [1.29, 1.82) is 0 Å². The first-order valence-corrected chi connectivity index (χ1v) is 11.2. The monoisotopic (exact) mass is 388 g/mol. The molecule has 1 fully saturated rings. The second-order valence-corrected chi connectivity index (χ2v) is 9.87. The standard InChI is InChI=1S/C16H21ClN2O3S2/c1-24(21,22)19-7-4-11(5-8-19)16(20)18-14-6-9-23-15-3-2-12(17)10-13(14)15/h2-3,10-11,14H,4-9H2,1H3,(H,18,20)/t14-/m1/s1. The first kappa shape index (κ1) is 18.0. The van der Waals surface area contributed by atoms with E-state index in [9.17, 15) is 13.2 Å². The number of halogens is 1. The van der Waals surface area contributed by atoms with Crippen LogP contribution in [-0.2, 0) is 14.8 Å². The van der Waals surface area contributed by atoms with E-state index in [0.29, 0.717) is 31.0 Å². The Morgan fingerprint density at radius 3 is 2.67 bits per heavy atom. The predicted molar refractivity (Wildman–Crippen MR) is 96.8 cm³/mol. The maximum atomic E-state index is 12.6. The van der Waals surface area contributed by atoms with Gasteiger partial charge in [0.2, 0.25) is 15.9 Å². The highest BCUT2D eigenvalue weighted by atomic mass is 35.5. The predicted octanol–water partition coefficient (Wildman–Crippen LogP) is 2.66. The van der Waals surface area contributed by atoms with E-state index in [4.69, 9.17) is 11.6 Å². The number of nitrogens with zero attached hydrogens (tertiary/aromatic N) is 1. The minimum Gasteiger partial charge on any atom is -0.349 e. The Kier molecular flexibility index (Phi) is 5.44. The number of hydrogen-bond donors (Lipinski definition) is 1. The lowest BCUT2D eigenvalue weighted by atomic mass is 9.95. The van der Waals surface area contributed by atoms with E-state index in [-0.39, 0.29) is 17.9 Å². The molecule has 24 heavy (non-hydrogen) atoms. The Morgan fingerprint density at radius 1 is 1.29 bits per heavy atom. The lowest BCUT2D eigenvalue weighted by Gasteiger charge is -2.32. The second kappa shape index (κ2) is 7.23. The summed E-state index contributed by atoms with van der Waals surface area (Å²) in [4.78, 5) is 13.8. The van der Waals surface area contributed by atoms with Crippen molar-refractivity contribution in [3.05, 3.63) is 28.8 Å². The molecular formula is C16H21ClN2O3S2. The molecule has 0 bridgehead atoms. The van der Waals surface area contributed by atoms with Crippen LogP contribution >= 0.6 is 23.4 Å². The van der Waals surface area contributed by atoms with Gasteiger partial charge in [0.05, 0.1) is 12.3 Å². The molecule has 2 heterocycles. The SMILES string of the molecule is CS(=O)(=O)N1CCC(C(=O)N[C@@H]2CCSc3ccc(Cl)cc32)CC1.